The second kappa shape index (κ2) is 6.93. The molecule has 1 fully saturated rings. The van der Waals surface area contributed by atoms with Crippen LogP contribution in [0.5, 0.6) is 0 Å². The zero-order valence-corrected chi connectivity index (χ0v) is 15.0. The third-order valence-electron chi connectivity index (χ3n) is 4.54. The van der Waals surface area contributed by atoms with Gasteiger partial charge in [0, 0.05) is 31.4 Å². The van der Waals surface area contributed by atoms with Gasteiger partial charge in [-0.3, -0.25) is 0 Å². The lowest BCUT2D eigenvalue weighted by molar-refractivity contribution is 0.154. The predicted molar refractivity (Wildman–Crippen MR) is 101 cm³/mol. The Balaban J connectivity index is 1.57. The summed E-state index contributed by atoms with van der Waals surface area (Å²) in [5.74, 6) is 1.80. The topological polar surface area (TPSA) is 74.2 Å². The molecular weight excluding hydrogens is 334 g/mol. The molecule has 1 atom stereocenters. The van der Waals surface area contributed by atoms with E-state index in [2.05, 4.69) is 43.5 Å². The fourth-order valence-corrected chi connectivity index (χ4v) is 4.24. The molecule has 3 aromatic rings. The van der Waals surface area contributed by atoms with Crippen molar-refractivity contribution in [1.82, 2.24) is 15.0 Å². The first-order valence-corrected chi connectivity index (χ1v) is 9.40. The molecule has 0 spiro atoms. The van der Waals surface area contributed by atoms with Gasteiger partial charge in [0.1, 0.15) is 18.0 Å². The minimum absolute atomic E-state index is 0.271. The van der Waals surface area contributed by atoms with E-state index in [0.29, 0.717) is 13.1 Å². The predicted octanol–water partition coefficient (Wildman–Crippen LogP) is 2.97. The van der Waals surface area contributed by atoms with Crippen LogP contribution in [0, 0.1) is 6.92 Å². The zero-order chi connectivity index (χ0) is 17.2. The van der Waals surface area contributed by atoms with Crippen molar-refractivity contribution >= 4 is 33.2 Å². The van der Waals surface area contributed by atoms with Gasteiger partial charge in [0.25, 0.3) is 0 Å². The molecular formula is C18H21N5OS. The van der Waals surface area contributed by atoms with Crippen LogP contribution in [-0.4, -0.2) is 39.3 Å². The lowest BCUT2D eigenvalue weighted by Gasteiger charge is -2.32. The van der Waals surface area contributed by atoms with E-state index in [1.807, 2.05) is 12.3 Å². The Morgan fingerprint density at radius 2 is 2.28 bits per heavy atom. The summed E-state index contributed by atoms with van der Waals surface area (Å²) in [5, 5.41) is 15.5. The van der Waals surface area contributed by atoms with Crippen LogP contribution >= 0.6 is 11.3 Å². The number of piperidine rings is 1. The third kappa shape index (κ3) is 3.29. The second-order valence-electron chi connectivity index (χ2n) is 6.40. The highest BCUT2D eigenvalue weighted by atomic mass is 32.1. The Hall–Kier alpha value is -2.25. The summed E-state index contributed by atoms with van der Waals surface area (Å²) in [7, 11) is 0. The van der Waals surface area contributed by atoms with E-state index in [1.165, 1.54) is 5.56 Å². The maximum absolute atomic E-state index is 9.96. The smallest absolute Gasteiger partial charge is 0.147 e. The Kier molecular flexibility index (Phi) is 4.50. The van der Waals surface area contributed by atoms with Crippen LogP contribution in [0.25, 0.3) is 10.2 Å². The molecule has 2 N–H and O–H groups in total. The van der Waals surface area contributed by atoms with Gasteiger partial charge in [-0.15, -0.1) is 11.3 Å². The van der Waals surface area contributed by atoms with Gasteiger partial charge in [0.15, 0.2) is 0 Å². The quantitative estimate of drug-likeness (QED) is 0.749. The van der Waals surface area contributed by atoms with Gasteiger partial charge in [-0.25, -0.2) is 15.0 Å². The average Bonchev–Trinajstić information content (AvgIpc) is 3.02. The summed E-state index contributed by atoms with van der Waals surface area (Å²) in [6.45, 7) is 4.28. The molecule has 4 rings (SSSR count). The van der Waals surface area contributed by atoms with Gasteiger partial charge in [0.05, 0.1) is 16.3 Å². The van der Waals surface area contributed by atoms with Crippen molar-refractivity contribution in [1.29, 1.82) is 0 Å². The molecule has 4 heterocycles. The number of nitrogens with zero attached hydrogens (tertiary/aromatic N) is 4. The molecule has 130 valence electrons. The van der Waals surface area contributed by atoms with Crippen molar-refractivity contribution in [2.24, 2.45) is 0 Å². The van der Waals surface area contributed by atoms with E-state index in [1.54, 1.807) is 17.7 Å². The minimum atomic E-state index is -0.271. The molecule has 25 heavy (non-hydrogen) atoms. The normalized spacial score (nSPS) is 17.8. The van der Waals surface area contributed by atoms with Gasteiger partial charge in [-0.05, 0) is 36.8 Å². The average molecular weight is 355 g/mol. The van der Waals surface area contributed by atoms with Crippen molar-refractivity contribution < 1.29 is 5.11 Å². The molecule has 7 heteroatoms. The summed E-state index contributed by atoms with van der Waals surface area (Å²) in [5.41, 5.74) is 3.29. The summed E-state index contributed by atoms with van der Waals surface area (Å²) >= 11 is 1.66. The standard InChI is InChI=1S/C18H21N5OS/c1-12-10-25-16-15(12)21-11-22-17(16)20-8-13-4-2-6-19-18(13)23-7-3-5-14(24)9-23/h2,4,6,10-11,14,24H,3,5,7-9H2,1H3,(H,20,21,22). The summed E-state index contributed by atoms with van der Waals surface area (Å²) < 4.78 is 1.08. The first kappa shape index (κ1) is 16.2. The number of hydrogen-bond donors (Lipinski definition) is 2. The summed E-state index contributed by atoms with van der Waals surface area (Å²) in [6, 6.07) is 4.03. The Labute approximate surface area is 150 Å². The molecule has 0 amide bonds. The number of fused-ring (bicyclic) bond motifs is 1. The van der Waals surface area contributed by atoms with Crippen LogP contribution in [0.2, 0.25) is 0 Å². The van der Waals surface area contributed by atoms with Crippen LogP contribution in [0.15, 0.2) is 30.0 Å². The molecule has 1 aliphatic rings. The van der Waals surface area contributed by atoms with Gasteiger partial charge in [-0.2, -0.15) is 0 Å². The largest absolute Gasteiger partial charge is 0.391 e. The fraction of sp³-hybridized carbons (Fsp3) is 0.389. The maximum atomic E-state index is 9.96. The Morgan fingerprint density at radius 1 is 1.36 bits per heavy atom. The van der Waals surface area contributed by atoms with E-state index in [9.17, 15) is 5.11 Å². The van der Waals surface area contributed by atoms with Gasteiger partial charge in [0.2, 0.25) is 0 Å². The SMILES string of the molecule is Cc1csc2c(NCc3cccnc3N3CCCC(O)C3)ncnc12. The number of nitrogens with one attached hydrogen (secondary N) is 1. The van der Waals surface area contributed by atoms with Gasteiger partial charge in [-0.1, -0.05) is 6.07 Å². The summed E-state index contributed by atoms with van der Waals surface area (Å²) in [6.07, 6.45) is 5.01. The van der Waals surface area contributed by atoms with Crippen LogP contribution in [-0.2, 0) is 6.54 Å². The fourth-order valence-electron chi connectivity index (χ4n) is 3.27. The Morgan fingerprint density at radius 3 is 3.16 bits per heavy atom. The van der Waals surface area contributed by atoms with Gasteiger partial charge < -0.3 is 15.3 Å². The number of aliphatic hydroxyl groups is 1. The maximum Gasteiger partial charge on any atom is 0.147 e. The molecule has 0 saturated carbocycles. The van der Waals surface area contributed by atoms with Crippen LogP contribution in [0.4, 0.5) is 11.6 Å². The number of β-amino-alcohol motifs (C(OH)–C–C–N with tert-alkyl or cyclic N) is 1. The van der Waals surface area contributed by atoms with E-state index >= 15 is 0 Å². The first-order chi connectivity index (χ1) is 12.2. The number of hydrogen-bond acceptors (Lipinski definition) is 7. The van der Waals surface area contributed by atoms with Crippen molar-refractivity contribution in [2.75, 3.05) is 23.3 Å². The number of anilines is 2. The van der Waals surface area contributed by atoms with E-state index in [-0.39, 0.29) is 6.10 Å². The van der Waals surface area contributed by atoms with Crippen LogP contribution in [0.3, 0.4) is 0 Å². The number of aryl methyl sites for hydroxylation is 1. The van der Waals surface area contributed by atoms with Crippen molar-refractivity contribution in [3.05, 3.63) is 41.2 Å². The van der Waals surface area contributed by atoms with Crippen molar-refractivity contribution in [2.45, 2.75) is 32.4 Å². The number of aliphatic hydroxyl groups excluding tert-OH is 1. The molecule has 1 aliphatic heterocycles. The highest BCUT2D eigenvalue weighted by Gasteiger charge is 2.21. The highest BCUT2D eigenvalue weighted by Crippen LogP contribution is 2.29. The number of thiophene rings is 1. The Bertz CT molecular complexity index is 881. The van der Waals surface area contributed by atoms with Crippen LogP contribution < -0.4 is 10.2 Å². The molecule has 6 nitrogen and oxygen atoms in total. The minimum Gasteiger partial charge on any atom is -0.391 e. The first-order valence-electron chi connectivity index (χ1n) is 8.52. The molecule has 3 aromatic heterocycles. The molecule has 0 aromatic carbocycles. The van der Waals surface area contributed by atoms with Gasteiger partial charge >= 0.3 is 0 Å². The number of aromatic nitrogens is 3. The molecule has 1 saturated heterocycles. The molecule has 1 unspecified atom stereocenters. The number of rotatable bonds is 4. The summed E-state index contributed by atoms with van der Waals surface area (Å²) in [4.78, 5) is 15.5. The second-order valence-corrected chi connectivity index (χ2v) is 7.28. The van der Waals surface area contributed by atoms with Crippen LogP contribution in [0.1, 0.15) is 24.0 Å². The third-order valence-corrected chi connectivity index (χ3v) is 5.63. The lowest BCUT2D eigenvalue weighted by Crippen LogP contribution is -2.39. The molecule has 0 aliphatic carbocycles. The van der Waals surface area contributed by atoms with Crippen molar-refractivity contribution in [3.63, 3.8) is 0 Å². The van der Waals surface area contributed by atoms with E-state index in [4.69, 9.17) is 0 Å². The van der Waals surface area contributed by atoms with Crippen molar-refractivity contribution in [3.8, 4) is 0 Å². The van der Waals surface area contributed by atoms with E-state index in [0.717, 1.165) is 46.8 Å². The molecule has 0 bridgehead atoms. The van der Waals surface area contributed by atoms with E-state index < -0.39 is 0 Å². The highest BCUT2D eigenvalue weighted by molar-refractivity contribution is 7.18. The zero-order valence-electron chi connectivity index (χ0n) is 14.1. The lowest BCUT2D eigenvalue weighted by atomic mass is 10.1. The molecule has 0 radical (unpaired) electrons. The number of pyridine rings is 1. The monoisotopic (exact) mass is 355 g/mol.